The fourth-order valence-electron chi connectivity index (χ4n) is 4.33. The first-order valence-electron chi connectivity index (χ1n) is 9.54. The van der Waals surface area contributed by atoms with E-state index in [2.05, 4.69) is 16.5 Å². The Bertz CT molecular complexity index is 824. The molecule has 1 aromatic carbocycles. The van der Waals surface area contributed by atoms with Gasteiger partial charge in [-0.15, -0.1) is 0 Å². The van der Waals surface area contributed by atoms with Gasteiger partial charge in [0.2, 0.25) is 5.91 Å². The van der Waals surface area contributed by atoms with Crippen molar-refractivity contribution >= 4 is 5.91 Å². The molecule has 27 heavy (non-hydrogen) atoms. The van der Waals surface area contributed by atoms with Crippen LogP contribution in [0.5, 0.6) is 5.75 Å². The summed E-state index contributed by atoms with van der Waals surface area (Å²) in [5.41, 5.74) is 1.90. The van der Waals surface area contributed by atoms with Crippen molar-refractivity contribution in [3.8, 4) is 5.75 Å². The summed E-state index contributed by atoms with van der Waals surface area (Å²) in [6.45, 7) is 4.10. The van der Waals surface area contributed by atoms with Crippen LogP contribution in [-0.4, -0.2) is 47.7 Å². The quantitative estimate of drug-likeness (QED) is 0.786. The van der Waals surface area contributed by atoms with E-state index < -0.39 is 0 Å². The Hall–Kier alpha value is -2.34. The molecule has 2 heterocycles. The number of likely N-dealkylation sites (tertiary alicyclic amines) is 1. The lowest BCUT2D eigenvalue weighted by atomic mass is 9.94. The Morgan fingerprint density at radius 1 is 1.26 bits per heavy atom. The predicted octanol–water partition coefficient (Wildman–Crippen LogP) is 2.85. The molecule has 2 fully saturated rings. The first kappa shape index (κ1) is 18.0. The van der Waals surface area contributed by atoms with Crippen molar-refractivity contribution in [3.63, 3.8) is 0 Å². The number of carbonyl (C=O) groups excluding carboxylic acids is 1. The van der Waals surface area contributed by atoms with Crippen molar-refractivity contribution in [1.82, 2.24) is 14.5 Å². The lowest BCUT2D eigenvalue weighted by molar-refractivity contribution is -0.133. The van der Waals surface area contributed by atoms with E-state index in [9.17, 15) is 4.79 Å². The maximum absolute atomic E-state index is 13.3. The van der Waals surface area contributed by atoms with Gasteiger partial charge in [0, 0.05) is 32.1 Å². The molecule has 1 aromatic heterocycles. The second kappa shape index (κ2) is 7.00. The van der Waals surface area contributed by atoms with Crippen LogP contribution in [0.3, 0.4) is 0 Å². The molecule has 2 aromatic rings. The summed E-state index contributed by atoms with van der Waals surface area (Å²) in [5, 5.41) is 0. The zero-order chi connectivity index (χ0) is 19.0. The molecule has 1 saturated heterocycles. The van der Waals surface area contributed by atoms with Crippen molar-refractivity contribution in [2.45, 2.75) is 44.2 Å². The first-order valence-corrected chi connectivity index (χ1v) is 9.54. The van der Waals surface area contributed by atoms with Gasteiger partial charge in [-0.3, -0.25) is 4.79 Å². The van der Waals surface area contributed by atoms with E-state index >= 15 is 0 Å². The Labute approximate surface area is 160 Å². The molecule has 0 radical (unpaired) electrons. The molecule has 0 bridgehead atoms. The van der Waals surface area contributed by atoms with Crippen LogP contribution in [0.2, 0.25) is 0 Å². The summed E-state index contributed by atoms with van der Waals surface area (Å²) in [4.78, 5) is 19.8. The standard InChI is InChI=1S/C21H27N3O3/c1-15-12-22-19(14-26-2)24(15)17-8-11-23(13-17)20(25)21(9-10-21)16-4-6-18(27-3)7-5-16/h4-7,12,17H,8-11,13-14H2,1-3H3. The number of rotatable bonds is 6. The molecule has 1 saturated carbocycles. The van der Waals surface area contributed by atoms with Gasteiger partial charge in [-0.25, -0.2) is 4.98 Å². The van der Waals surface area contributed by atoms with Crippen molar-refractivity contribution < 1.29 is 14.3 Å². The second-order valence-corrected chi connectivity index (χ2v) is 7.62. The van der Waals surface area contributed by atoms with E-state index in [1.54, 1.807) is 14.2 Å². The minimum Gasteiger partial charge on any atom is -0.497 e. The third-order valence-electron chi connectivity index (χ3n) is 5.95. The number of methoxy groups -OCH3 is 2. The summed E-state index contributed by atoms with van der Waals surface area (Å²) in [6, 6.07) is 8.23. The number of aromatic nitrogens is 2. The maximum atomic E-state index is 13.3. The van der Waals surface area contributed by atoms with E-state index in [1.165, 1.54) is 0 Å². The number of benzene rings is 1. The van der Waals surface area contributed by atoms with Crippen LogP contribution >= 0.6 is 0 Å². The number of carbonyl (C=O) groups is 1. The molecule has 1 aliphatic carbocycles. The highest BCUT2D eigenvalue weighted by Crippen LogP contribution is 2.50. The topological polar surface area (TPSA) is 56.6 Å². The van der Waals surface area contributed by atoms with Crippen molar-refractivity contribution in [1.29, 1.82) is 0 Å². The predicted molar refractivity (Wildman–Crippen MR) is 102 cm³/mol. The lowest BCUT2D eigenvalue weighted by Gasteiger charge is -2.24. The Morgan fingerprint density at radius 3 is 2.63 bits per heavy atom. The summed E-state index contributed by atoms with van der Waals surface area (Å²) < 4.78 is 12.8. The molecule has 6 nitrogen and oxygen atoms in total. The fraction of sp³-hybridized carbons (Fsp3) is 0.524. The summed E-state index contributed by atoms with van der Waals surface area (Å²) >= 11 is 0. The van der Waals surface area contributed by atoms with Crippen LogP contribution in [0.1, 0.15) is 42.4 Å². The van der Waals surface area contributed by atoms with Gasteiger partial charge < -0.3 is 18.9 Å². The summed E-state index contributed by atoms with van der Waals surface area (Å²) in [7, 11) is 3.35. The second-order valence-electron chi connectivity index (χ2n) is 7.62. The average molecular weight is 369 g/mol. The fourth-order valence-corrected chi connectivity index (χ4v) is 4.33. The number of hydrogen-bond donors (Lipinski definition) is 0. The van der Waals surface area contributed by atoms with Gasteiger partial charge in [0.25, 0.3) is 0 Å². The zero-order valence-electron chi connectivity index (χ0n) is 16.3. The van der Waals surface area contributed by atoms with Crippen LogP contribution in [0.4, 0.5) is 0 Å². The zero-order valence-corrected chi connectivity index (χ0v) is 16.3. The monoisotopic (exact) mass is 369 g/mol. The summed E-state index contributed by atoms with van der Waals surface area (Å²) in [5.74, 6) is 2.02. The largest absolute Gasteiger partial charge is 0.497 e. The van der Waals surface area contributed by atoms with Gasteiger partial charge in [0.15, 0.2) is 0 Å². The van der Waals surface area contributed by atoms with Gasteiger partial charge in [0.05, 0.1) is 18.6 Å². The maximum Gasteiger partial charge on any atom is 0.233 e. The molecule has 1 atom stereocenters. The highest BCUT2D eigenvalue weighted by Gasteiger charge is 2.53. The minimum atomic E-state index is -0.333. The molecule has 144 valence electrons. The smallest absolute Gasteiger partial charge is 0.233 e. The number of nitrogens with zero attached hydrogens (tertiary/aromatic N) is 3. The number of ether oxygens (including phenoxy) is 2. The number of hydrogen-bond acceptors (Lipinski definition) is 4. The Kier molecular flexibility index (Phi) is 4.68. The van der Waals surface area contributed by atoms with Gasteiger partial charge in [-0.1, -0.05) is 12.1 Å². The number of aryl methyl sites for hydroxylation is 1. The van der Waals surface area contributed by atoms with Crippen molar-refractivity contribution in [3.05, 3.63) is 47.5 Å². The summed E-state index contributed by atoms with van der Waals surface area (Å²) in [6.07, 6.45) is 4.70. The van der Waals surface area contributed by atoms with E-state index in [0.29, 0.717) is 6.61 Å². The van der Waals surface area contributed by atoms with E-state index in [-0.39, 0.29) is 17.4 Å². The molecule has 4 rings (SSSR count). The minimum absolute atomic E-state index is 0.265. The highest BCUT2D eigenvalue weighted by atomic mass is 16.5. The lowest BCUT2D eigenvalue weighted by Crippen LogP contribution is -2.38. The van der Waals surface area contributed by atoms with Gasteiger partial charge in [0.1, 0.15) is 18.2 Å². The number of amides is 1. The normalized spacial score (nSPS) is 20.7. The molecule has 2 aliphatic rings. The van der Waals surface area contributed by atoms with Crippen LogP contribution < -0.4 is 4.74 Å². The molecule has 1 aliphatic heterocycles. The van der Waals surface area contributed by atoms with E-state index in [0.717, 1.165) is 55.2 Å². The van der Waals surface area contributed by atoms with Crippen molar-refractivity contribution in [2.75, 3.05) is 27.3 Å². The van der Waals surface area contributed by atoms with Crippen LogP contribution in [-0.2, 0) is 21.6 Å². The Morgan fingerprint density at radius 2 is 2.00 bits per heavy atom. The van der Waals surface area contributed by atoms with Crippen LogP contribution in [0, 0.1) is 6.92 Å². The SMILES string of the molecule is COCc1ncc(C)n1C1CCN(C(=O)C2(c3ccc(OC)cc3)CC2)C1. The molecule has 6 heteroatoms. The number of imidazole rings is 1. The molecule has 1 amide bonds. The van der Waals surface area contributed by atoms with E-state index in [4.69, 9.17) is 9.47 Å². The third-order valence-corrected chi connectivity index (χ3v) is 5.95. The average Bonchev–Trinajstić information content (AvgIpc) is 3.23. The Balaban J connectivity index is 1.50. The first-order chi connectivity index (χ1) is 13.1. The molecule has 0 N–H and O–H groups in total. The third kappa shape index (κ3) is 3.12. The van der Waals surface area contributed by atoms with Crippen LogP contribution in [0.15, 0.2) is 30.5 Å². The highest BCUT2D eigenvalue weighted by molar-refractivity contribution is 5.91. The van der Waals surface area contributed by atoms with Crippen molar-refractivity contribution in [2.24, 2.45) is 0 Å². The molecular weight excluding hydrogens is 342 g/mol. The van der Waals surface area contributed by atoms with E-state index in [1.807, 2.05) is 35.4 Å². The molecule has 0 spiro atoms. The van der Waals surface area contributed by atoms with Gasteiger partial charge in [-0.05, 0) is 43.9 Å². The molecular formula is C21H27N3O3. The van der Waals surface area contributed by atoms with Gasteiger partial charge in [-0.2, -0.15) is 0 Å². The molecule has 1 unspecified atom stereocenters. The van der Waals surface area contributed by atoms with Gasteiger partial charge >= 0.3 is 0 Å². The van der Waals surface area contributed by atoms with Crippen LogP contribution in [0.25, 0.3) is 0 Å².